The molecule has 0 aliphatic carbocycles. The molecule has 1 aromatic carbocycles. The zero-order chi connectivity index (χ0) is 13.1. The second-order valence-electron chi connectivity index (χ2n) is 5.76. The van der Waals surface area contributed by atoms with Gasteiger partial charge in [-0.2, -0.15) is 0 Å². The van der Waals surface area contributed by atoms with Crippen LogP contribution < -0.4 is 10.6 Å². The lowest BCUT2D eigenvalue weighted by atomic mass is 10.0. The Bertz CT molecular complexity index is 369. The number of anilines is 1. The molecule has 0 aromatic heterocycles. The summed E-state index contributed by atoms with van der Waals surface area (Å²) in [6.07, 6.45) is 0. The van der Waals surface area contributed by atoms with Gasteiger partial charge < -0.3 is 10.6 Å². The highest BCUT2D eigenvalue weighted by molar-refractivity contribution is 5.48. The Labute approximate surface area is 105 Å². The minimum absolute atomic E-state index is 0.0297. The Morgan fingerprint density at radius 1 is 1.12 bits per heavy atom. The van der Waals surface area contributed by atoms with E-state index in [1.165, 1.54) is 5.56 Å². The highest BCUT2D eigenvalue weighted by atomic mass is 15.1. The Hall–Kier alpha value is -1.44. The molecule has 0 heterocycles. The molecular weight excluding hydrogens is 208 g/mol. The number of benzene rings is 1. The average molecular weight is 232 g/mol. The maximum atomic E-state index is 3.97. The van der Waals surface area contributed by atoms with Gasteiger partial charge in [-0.25, -0.2) is 0 Å². The maximum absolute atomic E-state index is 3.97. The predicted octanol–water partition coefficient (Wildman–Crippen LogP) is 4.08. The molecule has 0 saturated carbocycles. The summed E-state index contributed by atoms with van der Waals surface area (Å²) < 4.78 is 0. The molecule has 0 spiro atoms. The monoisotopic (exact) mass is 232 g/mol. The fourth-order valence-electron chi connectivity index (χ4n) is 1.61. The first-order valence-corrected chi connectivity index (χ1v) is 6.12. The maximum Gasteiger partial charge on any atom is 0.0961 e. The number of hydrogen-bond acceptors (Lipinski definition) is 2. The largest absolute Gasteiger partial charge is 0.368 e. The summed E-state index contributed by atoms with van der Waals surface area (Å²) in [4.78, 5) is 0. The molecule has 1 aromatic rings. The van der Waals surface area contributed by atoms with E-state index in [0.29, 0.717) is 5.92 Å². The quantitative estimate of drug-likeness (QED) is 0.817. The molecule has 2 heteroatoms. The Balaban J connectivity index is 2.61. The van der Waals surface area contributed by atoms with Crippen LogP contribution in [0, 0.1) is 0 Å². The second-order valence-corrected chi connectivity index (χ2v) is 5.76. The molecule has 0 atom stereocenters. The Morgan fingerprint density at radius 2 is 1.65 bits per heavy atom. The molecule has 1 rings (SSSR count). The molecule has 94 valence electrons. The highest BCUT2D eigenvalue weighted by Gasteiger charge is 2.09. The molecule has 17 heavy (non-hydrogen) atoms. The summed E-state index contributed by atoms with van der Waals surface area (Å²) in [5, 5.41) is 6.56. The van der Waals surface area contributed by atoms with Crippen LogP contribution in [-0.4, -0.2) is 5.54 Å². The minimum atomic E-state index is 0.0297. The molecule has 2 nitrogen and oxygen atoms in total. The minimum Gasteiger partial charge on any atom is -0.368 e. The standard InChI is InChI=1S/C15H24N2/c1-11(2)13-7-9-14(10-8-13)16-12(3)17-15(4,5)6/h7-11,16-17H,3H2,1-2,4-6H3. The summed E-state index contributed by atoms with van der Waals surface area (Å²) >= 11 is 0. The molecule has 0 amide bonds. The van der Waals surface area contributed by atoms with E-state index in [1.54, 1.807) is 0 Å². The van der Waals surface area contributed by atoms with Gasteiger partial charge >= 0.3 is 0 Å². The van der Waals surface area contributed by atoms with Gasteiger partial charge in [0.05, 0.1) is 5.82 Å². The van der Waals surface area contributed by atoms with Crippen LogP contribution in [0.3, 0.4) is 0 Å². The lowest BCUT2D eigenvalue weighted by Gasteiger charge is -2.24. The third kappa shape index (κ3) is 4.94. The summed E-state index contributed by atoms with van der Waals surface area (Å²) in [6.45, 7) is 14.7. The van der Waals surface area contributed by atoms with Gasteiger partial charge in [0.1, 0.15) is 0 Å². The van der Waals surface area contributed by atoms with Gasteiger partial charge in [0.25, 0.3) is 0 Å². The molecule has 0 fully saturated rings. The second kappa shape index (κ2) is 5.26. The van der Waals surface area contributed by atoms with Gasteiger partial charge in [-0.15, -0.1) is 0 Å². The van der Waals surface area contributed by atoms with E-state index >= 15 is 0 Å². The summed E-state index contributed by atoms with van der Waals surface area (Å²) in [7, 11) is 0. The van der Waals surface area contributed by atoms with Crippen LogP contribution in [0.2, 0.25) is 0 Å². The van der Waals surface area contributed by atoms with Crippen LogP contribution in [0.5, 0.6) is 0 Å². The Morgan fingerprint density at radius 3 is 2.06 bits per heavy atom. The average Bonchev–Trinajstić information content (AvgIpc) is 2.15. The van der Waals surface area contributed by atoms with Gasteiger partial charge in [0.15, 0.2) is 0 Å². The van der Waals surface area contributed by atoms with Crippen LogP contribution in [0.4, 0.5) is 5.69 Å². The summed E-state index contributed by atoms with van der Waals surface area (Å²) in [5.41, 5.74) is 2.45. The fourth-order valence-corrected chi connectivity index (χ4v) is 1.61. The van der Waals surface area contributed by atoms with Gasteiger partial charge in [0, 0.05) is 11.2 Å². The smallest absolute Gasteiger partial charge is 0.0961 e. The molecule has 0 aliphatic heterocycles. The van der Waals surface area contributed by atoms with Crippen molar-refractivity contribution in [1.82, 2.24) is 5.32 Å². The van der Waals surface area contributed by atoms with Gasteiger partial charge in [-0.05, 0) is 44.4 Å². The van der Waals surface area contributed by atoms with Crippen molar-refractivity contribution in [2.75, 3.05) is 5.32 Å². The third-order valence-corrected chi connectivity index (χ3v) is 2.40. The van der Waals surface area contributed by atoms with Gasteiger partial charge in [-0.1, -0.05) is 32.6 Å². The van der Waals surface area contributed by atoms with Crippen LogP contribution in [0.15, 0.2) is 36.7 Å². The lowest BCUT2D eigenvalue weighted by molar-refractivity contribution is 0.476. The summed E-state index contributed by atoms with van der Waals surface area (Å²) in [5.74, 6) is 1.40. The van der Waals surface area contributed by atoms with E-state index < -0.39 is 0 Å². The van der Waals surface area contributed by atoms with Gasteiger partial charge in [-0.3, -0.25) is 0 Å². The molecule has 0 saturated heterocycles. The van der Waals surface area contributed by atoms with Crippen molar-refractivity contribution in [2.45, 2.75) is 46.1 Å². The zero-order valence-electron chi connectivity index (χ0n) is 11.6. The van der Waals surface area contributed by atoms with E-state index in [2.05, 4.69) is 76.1 Å². The van der Waals surface area contributed by atoms with Crippen molar-refractivity contribution in [3.8, 4) is 0 Å². The molecule has 2 N–H and O–H groups in total. The molecule has 0 aliphatic rings. The molecule has 0 unspecified atom stereocenters. The SMILES string of the molecule is C=C(Nc1ccc(C(C)C)cc1)NC(C)(C)C. The first-order valence-electron chi connectivity index (χ1n) is 6.12. The number of rotatable bonds is 4. The van der Waals surface area contributed by atoms with E-state index in [1.807, 2.05) is 0 Å². The molecule has 0 radical (unpaired) electrons. The van der Waals surface area contributed by atoms with Crippen molar-refractivity contribution in [3.05, 3.63) is 42.2 Å². The van der Waals surface area contributed by atoms with Crippen LogP contribution in [-0.2, 0) is 0 Å². The first-order chi connectivity index (χ1) is 7.78. The van der Waals surface area contributed by atoms with Gasteiger partial charge in [0.2, 0.25) is 0 Å². The summed E-state index contributed by atoms with van der Waals surface area (Å²) in [6, 6.07) is 8.48. The number of nitrogens with one attached hydrogen (secondary N) is 2. The van der Waals surface area contributed by atoms with Crippen molar-refractivity contribution >= 4 is 5.69 Å². The highest BCUT2D eigenvalue weighted by Crippen LogP contribution is 2.18. The Kier molecular flexibility index (Phi) is 4.22. The van der Waals surface area contributed by atoms with Crippen LogP contribution >= 0.6 is 0 Å². The van der Waals surface area contributed by atoms with E-state index in [4.69, 9.17) is 0 Å². The predicted molar refractivity (Wildman–Crippen MR) is 76.2 cm³/mol. The van der Waals surface area contributed by atoms with Crippen LogP contribution in [0.1, 0.15) is 46.1 Å². The normalized spacial score (nSPS) is 11.4. The van der Waals surface area contributed by atoms with E-state index in [-0.39, 0.29) is 5.54 Å². The molecular formula is C15H24N2. The van der Waals surface area contributed by atoms with Crippen molar-refractivity contribution in [3.63, 3.8) is 0 Å². The van der Waals surface area contributed by atoms with Crippen LogP contribution in [0.25, 0.3) is 0 Å². The third-order valence-electron chi connectivity index (χ3n) is 2.40. The fraction of sp³-hybridized carbons (Fsp3) is 0.467. The topological polar surface area (TPSA) is 24.1 Å². The zero-order valence-corrected chi connectivity index (χ0v) is 11.6. The van der Waals surface area contributed by atoms with Crippen molar-refractivity contribution in [2.24, 2.45) is 0 Å². The number of hydrogen-bond donors (Lipinski definition) is 2. The van der Waals surface area contributed by atoms with Crippen molar-refractivity contribution < 1.29 is 0 Å². The molecule has 0 bridgehead atoms. The first kappa shape index (κ1) is 13.6. The van der Waals surface area contributed by atoms with E-state index in [9.17, 15) is 0 Å². The van der Waals surface area contributed by atoms with E-state index in [0.717, 1.165) is 11.5 Å². The van der Waals surface area contributed by atoms with Crippen molar-refractivity contribution in [1.29, 1.82) is 0 Å². The lowest BCUT2D eigenvalue weighted by Crippen LogP contribution is -2.37.